The number of rotatable bonds is 5. The number of likely N-dealkylation sites (tertiary alicyclic amines) is 1. The van der Waals surface area contributed by atoms with E-state index in [1.807, 2.05) is 6.07 Å². The highest BCUT2D eigenvalue weighted by Crippen LogP contribution is 2.41. The van der Waals surface area contributed by atoms with Crippen LogP contribution < -0.4 is 5.32 Å². The van der Waals surface area contributed by atoms with E-state index in [9.17, 15) is 19.8 Å². The Kier molecular flexibility index (Phi) is 4.39. The van der Waals surface area contributed by atoms with Gasteiger partial charge in [0.2, 0.25) is 5.91 Å². The van der Waals surface area contributed by atoms with Crippen LogP contribution in [-0.4, -0.2) is 52.2 Å². The molecule has 132 valence electrons. The third kappa shape index (κ3) is 3.44. The molecule has 7 heteroatoms. The van der Waals surface area contributed by atoms with E-state index in [-0.39, 0.29) is 54.2 Å². The smallest absolute Gasteiger partial charge is 0.254 e. The van der Waals surface area contributed by atoms with Gasteiger partial charge in [0, 0.05) is 18.0 Å². The molecule has 1 aliphatic heterocycles. The Morgan fingerprint density at radius 2 is 2.16 bits per heavy atom. The average molecular weight is 343 g/mol. The van der Waals surface area contributed by atoms with E-state index in [0.717, 1.165) is 12.8 Å². The number of phenols is 1. The van der Waals surface area contributed by atoms with Crippen molar-refractivity contribution in [2.75, 3.05) is 19.6 Å². The fourth-order valence-electron chi connectivity index (χ4n) is 3.26. The molecule has 25 heavy (non-hydrogen) atoms. The highest BCUT2D eigenvalue weighted by Gasteiger charge is 2.46. The number of benzene rings is 1. The highest BCUT2D eigenvalue weighted by molar-refractivity contribution is 5.95. The third-order valence-electron chi connectivity index (χ3n) is 5.00. The number of amides is 2. The number of nitrogens with zero attached hydrogens (tertiary/aromatic N) is 2. The van der Waals surface area contributed by atoms with Gasteiger partial charge in [-0.05, 0) is 30.5 Å². The molecule has 1 saturated carbocycles. The molecule has 0 radical (unpaired) electrons. The summed E-state index contributed by atoms with van der Waals surface area (Å²) in [4.78, 5) is 25.7. The zero-order chi connectivity index (χ0) is 18.2. The van der Waals surface area contributed by atoms with Gasteiger partial charge in [0.25, 0.3) is 5.91 Å². The lowest BCUT2D eigenvalue weighted by molar-refractivity contribution is -0.126. The summed E-state index contributed by atoms with van der Waals surface area (Å²) in [6, 6.07) is 5.93. The number of aromatic hydroxyl groups is 1. The SMILES string of the molecule is CC[C@@H]1C[C@H]1C(=O)NCC1(O)CN(C(=O)c2ccc(C#N)c(O)c2)C1. The monoisotopic (exact) mass is 343 g/mol. The van der Waals surface area contributed by atoms with E-state index < -0.39 is 5.60 Å². The van der Waals surface area contributed by atoms with Crippen molar-refractivity contribution in [3.05, 3.63) is 29.3 Å². The number of β-amino-alcohol motifs (C(OH)–C–C–N with tert-alkyl or cyclic N) is 1. The summed E-state index contributed by atoms with van der Waals surface area (Å²) < 4.78 is 0. The van der Waals surface area contributed by atoms with Crippen molar-refractivity contribution in [3.63, 3.8) is 0 Å². The molecule has 0 bridgehead atoms. The first-order valence-corrected chi connectivity index (χ1v) is 8.39. The second-order valence-corrected chi connectivity index (χ2v) is 6.96. The largest absolute Gasteiger partial charge is 0.507 e. The fourth-order valence-corrected chi connectivity index (χ4v) is 3.26. The summed E-state index contributed by atoms with van der Waals surface area (Å²) in [7, 11) is 0. The standard InChI is InChI=1S/C18H21N3O4/c1-2-11-5-14(11)16(23)20-8-18(25)9-21(10-18)17(24)12-3-4-13(7-19)15(22)6-12/h3-4,6,11,14,22,25H,2,5,8-10H2,1H3,(H,20,23)/t11-,14-/m1/s1. The van der Waals surface area contributed by atoms with Crippen molar-refractivity contribution in [3.8, 4) is 11.8 Å². The van der Waals surface area contributed by atoms with Gasteiger partial charge in [-0.1, -0.05) is 13.3 Å². The number of hydrogen-bond donors (Lipinski definition) is 3. The lowest BCUT2D eigenvalue weighted by Crippen LogP contribution is -2.67. The average Bonchev–Trinajstić information content (AvgIpc) is 3.36. The van der Waals surface area contributed by atoms with Gasteiger partial charge in [0.05, 0.1) is 18.7 Å². The first-order valence-electron chi connectivity index (χ1n) is 8.39. The molecule has 1 heterocycles. The molecule has 1 aromatic rings. The first kappa shape index (κ1) is 17.2. The Morgan fingerprint density at radius 3 is 2.72 bits per heavy atom. The minimum Gasteiger partial charge on any atom is -0.507 e. The number of carbonyl (C=O) groups excluding carboxylic acids is 2. The molecule has 1 aromatic carbocycles. The topological polar surface area (TPSA) is 114 Å². The van der Waals surface area contributed by atoms with Crippen LogP contribution in [0, 0.1) is 23.2 Å². The molecule has 0 spiro atoms. The molecule has 2 fully saturated rings. The molecule has 1 aliphatic carbocycles. The quantitative estimate of drug-likeness (QED) is 0.725. The van der Waals surface area contributed by atoms with Crippen LogP contribution in [0.4, 0.5) is 0 Å². The zero-order valence-corrected chi connectivity index (χ0v) is 14.0. The number of hydrogen-bond acceptors (Lipinski definition) is 5. The third-order valence-corrected chi connectivity index (χ3v) is 5.00. The highest BCUT2D eigenvalue weighted by atomic mass is 16.3. The minimum absolute atomic E-state index is 0.0259. The first-order chi connectivity index (χ1) is 11.9. The zero-order valence-electron chi connectivity index (χ0n) is 14.0. The fraction of sp³-hybridized carbons (Fsp3) is 0.500. The molecule has 7 nitrogen and oxygen atoms in total. The molecule has 0 unspecified atom stereocenters. The Bertz CT molecular complexity index is 749. The molecule has 3 rings (SSSR count). The maximum atomic E-state index is 12.3. The van der Waals surface area contributed by atoms with Crippen LogP contribution in [0.1, 0.15) is 35.7 Å². The predicted molar refractivity (Wildman–Crippen MR) is 88.6 cm³/mol. The Labute approximate surface area is 145 Å². The number of phenolic OH excluding ortho intramolecular Hbond substituents is 1. The van der Waals surface area contributed by atoms with Gasteiger partial charge in [0.15, 0.2) is 0 Å². The van der Waals surface area contributed by atoms with Crippen LogP contribution in [-0.2, 0) is 4.79 Å². The second kappa shape index (κ2) is 6.37. The molecular weight excluding hydrogens is 322 g/mol. The number of nitrogens with one attached hydrogen (secondary N) is 1. The van der Waals surface area contributed by atoms with E-state index in [0.29, 0.717) is 5.92 Å². The normalized spacial score (nSPS) is 23.3. The van der Waals surface area contributed by atoms with Crippen LogP contribution in [0.2, 0.25) is 0 Å². The van der Waals surface area contributed by atoms with E-state index >= 15 is 0 Å². The summed E-state index contributed by atoms with van der Waals surface area (Å²) in [6.45, 7) is 2.42. The summed E-state index contributed by atoms with van der Waals surface area (Å²) in [5, 5.41) is 31.6. The van der Waals surface area contributed by atoms with Crippen LogP contribution >= 0.6 is 0 Å². The van der Waals surface area contributed by atoms with Gasteiger partial charge in [-0.15, -0.1) is 0 Å². The Balaban J connectivity index is 1.51. The van der Waals surface area contributed by atoms with Crippen molar-refractivity contribution in [1.29, 1.82) is 5.26 Å². The molecule has 3 N–H and O–H groups in total. The van der Waals surface area contributed by atoms with Gasteiger partial charge in [0.1, 0.15) is 17.4 Å². The maximum Gasteiger partial charge on any atom is 0.254 e. The van der Waals surface area contributed by atoms with Crippen molar-refractivity contribution in [2.45, 2.75) is 25.4 Å². The summed E-state index contributed by atoms with van der Waals surface area (Å²) in [5.41, 5.74) is -0.757. The van der Waals surface area contributed by atoms with Gasteiger partial charge in [-0.3, -0.25) is 9.59 Å². The minimum atomic E-state index is -1.11. The van der Waals surface area contributed by atoms with E-state index in [1.165, 1.54) is 23.1 Å². The second-order valence-electron chi connectivity index (χ2n) is 6.96. The lowest BCUT2D eigenvalue weighted by Gasteiger charge is -2.46. The van der Waals surface area contributed by atoms with Crippen LogP contribution in [0.25, 0.3) is 0 Å². The number of nitriles is 1. The summed E-state index contributed by atoms with van der Waals surface area (Å²) >= 11 is 0. The number of aliphatic hydroxyl groups is 1. The molecule has 2 atom stereocenters. The molecular formula is C18H21N3O4. The molecule has 2 amide bonds. The molecule has 2 aliphatic rings. The van der Waals surface area contributed by atoms with Crippen LogP contribution in [0.15, 0.2) is 18.2 Å². The van der Waals surface area contributed by atoms with Crippen molar-refractivity contribution < 1.29 is 19.8 Å². The Morgan fingerprint density at radius 1 is 1.44 bits per heavy atom. The van der Waals surface area contributed by atoms with E-state index in [2.05, 4.69) is 12.2 Å². The van der Waals surface area contributed by atoms with Gasteiger partial charge in [-0.2, -0.15) is 5.26 Å². The van der Waals surface area contributed by atoms with Crippen molar-refractivity contribution >= 4 is 11.8 Å². The number of carbonyl (C=O) groups is 2. The summed E-state index contributed by atoms with van der Waals surface area (Å²) in [6.07, 6.45) is 1.90. The van der Waals surface area contributed by atoms with E-state index in [1.54, 1.807) is 0 Å². The lowest BCUT2D eigenvalue weighted by atomic mass is 9.93. The summed E-state index contributed by atoms with van der Waals surface area (Å²) in [5.74, 6) is -0.0800. The van der Waals surface area contributed by atoms with Crippen LogP contribution in [0.3, 0.4) is 0 Å². The Hall–Kier alpha value is -2.59. The van der Waals surface area contributed by atoms with Crippen LogP contribution in [0.5, 0.6) is 5.75 Å². The maximum absolute atomic E-state index is 12.3. The van der Waals surface area contributed by atoms with Gasteiger partial charge >= 0.3 is 0 Å². The van der Waals surface area contributed by atoms with Crippen molar-refractivity contribution in [2.24, 2.45) is 11.8 Å². The van der Waals surface area contributed by atoms with Gasteiger partial charge < -0.3 is 20.4 Å². The van der Waals surface area contributed by atoms with Gasteiger partial charge in [-0.25, -0.2) is 0 Å². The molecule has 0 aromatic heterocycles. The van der Waals surface area contributed by atoms with Crippen molar-refractivity contribution in [1.82, 2.24) is 10.2 Å². The van der Waals surface area contributed by atoms with E-state index in [4.69, 9.17) is 5.26 Å². The predicted octanol–water partition coefficient (Wildman–Crippen LogP) is 0.613. The molecule has 1 saturated heterocycles.